The van der Waals surface area contributed by atoms with Gasteiger partial charge in [-0.05, 0) is 5.56 Å². The fraction of sp³-hybridized carbons (Fsp3) is 0.333. The number of rotatable bonds is 5. The molecule has 92 valence electrons. The van der Waals surface area contributed by atoms with Gasteiger partial charge < -0.3 is 16.4 Å². The van der Waals surface area contributed by atoms with Crippen molar-refractivity contribution in [3.63, 3.8) is 0 Å². The second kappa shape index (κ2) is 6.85. The molecule has 5 heteroatoms. The Labute approximate surface area is 107 Å². The zero-order valence-electron chi connectivity index (χ0n) is 9.77. The van der Waals surface area contributed by atoms with Crippen LogP contribution < -0.4 is 16.4 Å². The quantitative estimate of drug-likeness (QED) is 0.693. The van der Waals surface area contributed by atoms with Crippen LogP contribution in [-0.4, -0.2) is 17.6 Å². The van der Waals surface area contributed by atoms with Crippen molar-refractivity contribution in [2.24, 2.45) is 11.7 Å². The van der Waals surface area contributed by atoms with Gasteiger partial charge in [0.05, 0.1) is 4.99 Å². The van der Waals surface area contributed by atoms with E-state index in [4.69, 9.17) is 18.0 Å². The van der Waals surface area contributed by atoms with Gasteiger partial charge in [0.2, 0.25) is 0 Å². The maximum atomic E-state index is 11.4. The van der Waals surface area contributed by atoms with Gasteiger partial charge in [-0.25, -0.2) is 4.79 Å². The molecule has 1 atom stereocenters. The highest BCUT2D eigenvalue weighted by Gasteiger charge is 2.06. The van der Waals surface area contributed by atoms with E-state index in [1.54, 1.807) is 0 Å². The Balaban J connectivity index is 2.24. The van der Waals surface area contributed by atoms with Crippen molar-refractivity contribution in [1.29, 1.82) is 0 Å². The number of hydrogen-bond donors (Lipinski definition) is 3. The van der Waals surface area contributed by atoms with Crippen molar-refractivity contribution >= 4 is 23.2 Å². The molecule has 0 fully saturated rings. The number of thiocarbonyl (C=S) groups is 1. The van der Waals surface area contributed by atoms with Crippen molar-refractivity contribution in [3.05, 3.63) is 35.9 Å². The van der Waals surface area contributed by atoms with Crippen LogP contribution >= 0.6 is 12.2 Å². The average molecular weight is 251 g/mol. The summed E-state index contributed by atoms with van der Waals surface area (Å²) in [6, 6.07) is 9.51. The summed E-state index contributed by atoms with van der Waals surface area (Å²) >= 11 is 4.82. The SMILES string of the molecule is CC(CNC(=O)NCc1ccccc1)C(N)=S. The number of hydrogen-bond acceptors (Lipinski definition) is 2. The minimum Gasteiger partial charge on any atom is -0.393 e. The first-order valence-electron chi connectivity index (χ1n) is 5.44. The zero-order chi connectivity index (χ0) is 12.7. The van der Waals surface area contributed by atoms with Crippen molar-refractivity contribution < 1.29 is 4.79 Å². The fourth-order valence-corrected chi connectivity index (χ4v) is 1.27. The molecule has 0 aliphatic heterocycles. The van der Waals surface area contributed by atoms with E-state index in [9.17, 15) is 4.79 Å². The van der Waals surface area contributed by atoms with Gasteiger partial charge in [-0.2, -0.15) is 0 Å². The molecule has 1 rings (SSSR count). The Morgan fingerprint density at radius 3 is 2.59 bits per heavy atom. The minimum absolute atomic E-state index is 0.00692. The normalized spacial score (nSPS) is 11.6. The summed E-state index contributed by atoms with van der Waals surface area (Å²) < 4.78 is 0. The van der Waals surface area contributed by atoms with Gasteiger partial charge >= 0.3 is 6.03 Å². The molecule has 1 unspecified atom stereocenters. The highest BCUT2D eigenvalue weighted by atomic mass is 32.1. The molecule has 1 aromatic carbocycles. The predicted octanol–water partition coefficient (Wildman–Crippen LogP) is 1.41. The second-order valence-corrected chi connectivity index (χ2v) is 4.32. The van der Waals surface area contributed by atoms with E-state index in [0.717, 1.165) is 5.56 Å². The average Bonchev–Trinajstić information content (AvgIpc) is 2.34. The Morgan fingerprint density at radius 2 is 2.00 bits per heavy atom. The Morgan fingerprint density at radius 1 is 1.35 bits per heavy atom. The summed E-state index contributed by atoms with van der Waals surface area (Å²) in [4.78, 5) is 11.8. The summed E-state index contributed by atoms with van der Waals surface area (Å²) in [7, 11) is 0. The molecule has 4 N–H and O–H groups in total. The summed E-state index contributed by atoms with van der Waals surface area (Å²) in [6.45, 7) is 2.84. The molecule has 0 heterocycles. The van der Waals surface area contributed by atoms with Crippen molar-refractivity contribution in [3.8, 4) is 0 Å². The summed E-state index contributed by atoms with van der Waals surface area (Å²) in [5, 5.41) is 5.48. The molecule has 4 nitrogen and oxygen atoms in total. The molecule has 1 aromatic rings. The molecule has 0 aliphatic rings. The highest BCUT2D eigenvalue weighted by molar-refractivity contribution is 7.80. The molecule has 0 aliphatic carbocycles. The van der Waals surface area contributed by atoms with Crippen LogP contribution in [0.3, 0.4) is 0 Å². The van der Waals surface area contributed by atoms with Crippen LogP contribution in [-0.2, 0) is 6.54 Å². The third kappa shape index (κ3) is 5.31. The van der Waals surface area contributed by atoms with Crippen LogP contribution in [0.1, 0.15) is 12.5 Å². The zero-order valence-corrected chi connectivity index (χ0v) is 10.6. The molecular weight excluding hydrogens is 234 g/mol. The lowest BCUT2D eigenvalue weighted by molar-refractivity contribution is 0.240. The van der Waals surface area contributed by atoms with Crippen LogP contribution in [0.2, 0.25) is 0 Å². The van der Waals surface area contributed by atoms with Gasteiger partial charge in [0, 0.05) is 19.0 Å². The van der Waals surface area contributed by atoms with Gasteiger partial charge in [-0.15, -0.1) is 0 Å². The Bertz CT molecular complexity index is 381. The third-order valence-electron chi connectivity index (χ3n) is 2.35. The third-order valence-corrected chi connectivity index (χ3v) is 2.75. The van der Waals surface area contributed by atoms with E-state index in [-0.39, 0.29) is 11.9 Å². The van der Waals surface area contributed by atoms with E-state index in [1.165, 1.54) is 0 Å². The van der Waals surface area contributed by atoms with Crippen LogP contribution in [0.4, 0.5) is 4.79 Å². The topological polar surface area (TPSA) is 67.2 Å². The van der Waals surface area contributed by atoms with Gasteiger partial charge in [0.15, 0.2) is 0 Å². The molecule has 0 saturated heterocycles. The number of carbonyl (C=O) groups excluding carboxylic acids is 1. The maximum absolute atomic E-state index is 11.4. The fourth-order valence-electron chi connectivity index (χ4n) is 1.19. The number of amides is 2. The number of benzene rings is 1. The smallest absolute Gasteiger partial charge is 0.315 e. The van der Waals surface area contributed by atoms with Crippen LogP contribution in [0.25, 0.3) is 0 Å². The summed E-state index contributed by atoms with van der Waals surface area (Å²) in [5.74, 6) is 0.00692. The Hall–Kier alpha value is -1.62. The van der Waals surface area contributed by atoms with Gasteiger partial charge in [-0.3, -0.25) is 0 Å². The standard InChI is InChI=1S/C12H17N3OS/c1-9(11(13)17)7-14-12(16)15-8-10-5-3-2-4-6-10/h2-6,9H,7-8H2,1H3,(H2,13,17)(H2,14,15,16). The summed E-state index contributed by atoms with van der Waals surface area (Å²) in [5.41, 5.74) is 6.51. The van der Waals surface area contributed by atoms with E-state index < -0.39 is 0 Å². The van der Waals surface area contributed by atoms with E-state index in [1.807, 2.05) is 37.3 Å². The first-order valence-corrected chi connectivity index (χ1v) is 5.85. The minimum atomic E-state index is -0.211. The predicted molar refractivity (Wildman–Crippen MR) is 72.6 cm³/mol. The molecule has 0 spiro atoms. The van der Waals surface area contributed by atoms with Crippen molar-refractivity contribution in [2.45, 2.75) is 13.5 Å². The molecule has 0 saturated carbocycles. The number of carbonyl (C=O) groups is 1. The lowest BCUT2D eigenvalue weighted by Crippen LogP contribution is -2.39. The lowest BCUT2D eigenvalue weighted by Gasteiger charge is -2.11. The van der Waals surface area contributed by atoms with Gasteiger partial charge in [0.25, 0.3) is 0 Å². The largest absolute Gasteiger partial charge is 0.393 e. The first-order chi connectivity index (χ1) is 8.09. The van der Waals surface area contributed by atoms with E-state index >= 15 is 0 Å². The second-order valence-electron chi connectivity index (χ2n) is 3.85. The molecule has 0 radical (unpaired) electrons. The van der Waals surface area contributed by atoms with Gasteiger partial charge in [0.1, 0.15) is 0 Å². The van der Waals surface area contributed by atoms with Crippen molar-refractivity contribution in [2.75, 3.05) is 6.54 Å². The molecule has 17 heavy (non-hydrogen) atoms. The monoisotopic (exact) mass is 251 g/mol. The van der Waals surface area contributed by atoms with Crippen LogP contribution in [0, 0.1) is 5.92 Å². The highest BCUT2D eigenvalue weighted by Crippen LogP contribution is 1.97. The van der Waals surface area contributed by atoms with Crippen LogP contribution in [0.15, 0.2) is 30.3 Å². The lowest BCUT2D eigenvalue weighted by atomic mass is 10.2. The number of nitrogens with two attached hydrogens (primary N) is 1. The molecular formula is C12H17N3OS. The van der Waals surface area contributed by atoms with Gasteiger partial charge in [-0.1, -0.05) is 49.5 Å². The molecule has 0 bridgehead atoms. The Kier molecular flexibility index (Phi) is 5.42. The summed E-state index contributed by atoms with van der Waals surface area (Å²) in [6.07, 6.45) is 0. The number of nitrogens with one attached hydrogen (secondary N) is 2. The van der Waals surface area contributed by atoms with E-state index in [2.05, 4.69) is 10.6 Å². The maximum Gasteiger partial charge on any atom is 0.315 e. The number of urea groups is 1. The van der Waals surface area contributed by atoms with E-state index in [0.29, 0.717) is 18.1 Å². The molecule has 2 amide bonds. The molecule has 0 aromatic heterocycles. The first kappa shape index (κ1) is 13.4. The van der Waals surface area contributed by atoms with Crippen molar-refractivity contribution in [1.82, 2.24) is 10.6 Å². The van der Waals surface area contributed by atoms with Crippen LogP contribution in [0.5, 0.6) is 0 Å².